The number of pyridine rings is 1. The Kier molecular flexibility index (Phi) is 5.04. The summed E-state index contributed by atoms with van der Waals surface area (Å²) in [7, 11) is 0. The quantitative estimate of drug-likeness (QED) is 0.746. The molecule has 5 nitrogen and oxygen atoms in total. The first kappa shape index (κ1) is 17.0. The van der Waals surface area contributed by atoms with Crippen LogP contribution in [0.15, 0.2) is 42.6 Å². The van der Waals surface area contributed by atoms with E-state index in [1.54, 1.807) is 13.1 Å². The van der Waals surface area contributed by atoms with E-state index in [2.05, 4.69) is 15.3 Å². The van der Waals surface area contributed by atoms with E-state index in [-0.39, 0.29) is 18.3 Å². The van der Waals surface area contributed by atoms with Crippen LogP contribution < -0.4 is 10.1 Å². The van der Waals surface area contributed by atoms with Crippen LogP contribution in [0.4, 0.5) is 10.1 Å². The summed E-state index contributed by atoms with van der Waals surface area (Å²) in [6.07, 6.45) is 1.65. The van der Waals surface area contributed by atoms with Gasteiger partial charge in [-0.05, 0) is 50.2 Å². The number of rotatable bonds is 5. The van der Waals surface area contributed by atoms with Crippen molar-refractivity contribution in [2.24, 2.45) is 0 Å². The van der Waals surface area contributed by atoms with Crippen molar-refractivity contribution < 1.29 is 13.9 Å². The molecular formula is C18H16FN3O2S. The van der Waals surface area contributed by atoms with Gasteiger partial charge in [0.15, 0.2) is 0 Å². The molecule has 3 rings (SSSR count). The third-order valence-corrected chi connectivity index (χ3v) is 4.53. The highest BCUT2D eigenvalue weighted by molar-refractivity contribution is 7.13. The standard InChI is InChI=1S/C18H16FN3O2S/c1-11-3-8-15(9-20-11)24-10-16-21-12(2)17(25-16)18(23)22-14-6-4-13(19)5-7-14/h3-9H,10H2,1-2H3,(H,22,23). The van der Waals surface area contributed by atoms with Crippen LogP contribution in [-0.2, 0) is 6.61 Å². The first-order valence-corrected chi connectivity index (χ1v) is 8.41. The van der Waals surface area contributed by atoms with E-state index in [9.17, 15) is 9.18 Å². The Morgan fingerprint density at radius 1 is 1.20 bits per heavy atom. The lowest BCUT2D eigenvalue weighted by Gasteiger charge is -2.04. The van der Waals surface area contributed by atoms with Gasteiger partial charge in [0.05, 0.1) is 11.9 Å². The summed E-state index contributed by atoms with van der Waals surface area (Å²) in [6, 6.07) is 9.32. The molecule has 0 unspecified atom stereocenters. The van der Waals surface area contributed by atoms with Crippen LogP contribution in [0.5, 0.6) is 5.75 Å². The molecule has 0 aliphatic heterocycles. The molecule has 0 saturated heterocycles. The molecule has 0 spiro atoms. The maximum absolute atomic E-state index is 12.9. The molecule has 25 heavy (non-hydrogen) atoms. The monoisotopic (exact) mass is 357 g/mol. The van der Waals surface area contributed by atoms with Crippen LogP contribution in [0.1, 0.15) is 26.1 Å². The highest BCUT2D eigenvalue weighted by Crippen LogP contribution is 2.21. The normalized spacial score (nSPS) is 10.5. The average Bonchev–Trinajstić information content (AvgIpc) is 2.97. The van der Waals surface area contributed by atoms with E-state index in [0.29, 0.717) is 27.0 Å². The second kappa shape index (κ2) is 7.40. The summed E-state index contributed by atoms with van der Waals surface area (Å²) in [5.74, 6) is 0.0256. The SMILES string of the molecule is Cc1ccc(OCc2nc(C)c(C(=O)Nc3ccc(F)cc3)s2)cn1. The summed E-state index contributed by atoms with van der Waals surface area (Å²) in [4.78, 5) is 21.4. The van der Waals surface area contributed by atoms with Crippen LogP contribution in [0.25, 0.3) is 0 Å². The lowest BCUT2D eigenvalue weighted by molar-refractivity contribution is 0.103. The number of hydrogen-bond donors (Lipinski definition) is 1. The summed E-state index contributed by atoms with van der Waals surface area (Å²) in [5, 5.41) is 3.43. The first-order chi connectivity index (χ1) is 12.0. The van der Waals surface area contributed by atoms with E-state index in [1.807, 2.05) is 19.1 Å². The molecule has 0 bridgehead atoms. The predicted octanol–water partition coefficient (Wildman–Crippen LogP) is 4.13. The zero-order chi connectivity index (χ0) is 17.8. The van der Waals surface area contributed by atoms with E-state index in [1.165, 1.54) is 35.6 Å². The van der Waals surface area contributed by atoms with Gasteiger partial charge in [0, 0.05) is 11.4 Å². The van der Waals surface area contributed by atoms with Crippen molar-refractivity contribution >= 4 is 22.9 Å². The lowest BCUT2D eigenvalue weighted by atomic mass is 10.3. The zero-order valence-electron chi connectivity index (χ0n) is 13.7. The van der Waals surface area contributed by atoms with Crippen LogP contribution in [0, 0.1) is 19.7 Å². The van der Waals surface area contributed by atoms with E-state index >= 15 is 0 Å². The number of amides is 1. The van der Waals surface area contributed by atoms with Crippen molar-refractivity contribution in [2.45, 2.75) is 20.5 Å². The van der Waals surface area contributed by atoms with Crippen LogP contribution >= 0.6 is 11.3 Å². The van der Waals surface area contributed by atoms with E-state index in [4.69, 9.17) is 4.74 Å². The molecule has 0 radical (unpaired) electrons. The van der Waals surface area contributed by atoms with Crippen molar-refractivity contribution in [3.8, 4) is 5.75 Å². The highest BCUT2D eigenvalue weighted by atomic mass is 32.1. The zero-order valence-corrected chi connectivity index (χ0v) is 14.6. The van der Waals surface area contributed by atoms with Gasteiger partial charge in [-0.15, -0.1) is 11.3 Å². The Labute approximate surface area is 148 Å². The Hall–Kier alpha value is -2.80. The van der Waals surface area contributed by atoms with Crippen LogP contribution in [0.2, 0.25) is 0 Å². The second-order valence-electron chi connectivity index (χ2n) is 5.41. The molecule has 1 N–H and O–H groups in total. The van der Waals surface area contributed by atoms with Gasteiger partial charge in [-0.2, -0.15) is 0 Å². The van der Waals surface area contributed by atoms with Gasteiger partial charge in [-0.1, -0.05) is 0 Å². The van der Waals surface area contributed by atoms with Gasteiger partial charge in [0.25, 0.3) is 5.91 Å². The first-order valence-electron chi connectivity index (χ1n) is 7.60. The third-order valence-electron chi connectivity index (χ3n) is 3.40. The van der Waals surface area contributed by atoms with Crippen LogP contribution in [0.3, 0.4) is 0 Å². The molecule has 3 aromatic rings. The van der Waals surface area contributed by atoms with Gasteiger partial charge >= 0.3 is 0 Å². The molecule has 1 amide bonds. The fourth-order valence-electron chi connectivity index (χ4n) is 2.13. The Morgan fingerprint density at radius 3 is 2.64 bits per heavy atom. The molecule has 2 heterocycles. The van der Waals surface area contributed by atoms with Crippen molar-refractivity contribution in [1.82, 2.24) is 9.97 Å². The number of anilines is 1. The Morgan fingerprint density at radius 2 is 1.96 bits per heavy atom. The maximum Gasteiger partial charge on any atom is 0.267 e. The topological polar surface area (TPSA) is 64.1 Å². The van der Waals surface area contributed by atoms with Gasteiger partial charge in [-0.25, -0.2) is 9.37 Å². The second-order valence-corrected chi connectivity index (χ2v) is 6.49. The number of nitrogens with one attached hydrogen (secondary N) is 1. The summed E-state index contributed by atoms with van der Waals surface area (Å²) < 4.78 is 18.6. The van der Waals surface area contributed by atoms with E-state index < -0.39 is 0 Å². The van der Waals surface area contributed by atoms with Crippen molar-refractivity contribution in [3.63, 3.8) is 0 Å². The maximum atomic E-state index is 12.9. The molecule has 0 aliphatic rings. The number of benzene rings is 1. The van der Waals surface area contributed by atoms with Crippen molar-refractivity contribution in [2.75, 3.05) is 5.32 Å². The van der Waals surface area contributed by atoms with Gasteiger partial charge in [-0.3, -0.25) is 9.78 Å². The molecule has 2 aromatic heterocycles. The number of aromatic nitrogens is 2. The fraction of sp³-hybridized carbons (Fsp3) is 0.167. The molecule has 1 aromatic carbocycles. The Balaban J connectivity index is 1.65. The summed E-state index contributed by atoms with van der Waals surface area (Å²) in [5.41, 5.74) is 2.07. The molecule has 7 heteroatoms. The van der Waals surface area contributed by atoms with Gasteiger partial charge in [0.1, 0.15) is 28.1 Å². The van der Waals surface area contributed by atoms with Crippen molar-refractivity contribution in [1.29, 1.82) is 0 Å². The minimum atomic E-state index is -0.350. The number of carbonyl (C=O) groups is 1. The van der Waals surface area contributed by atoms with Gasteiger partial charge in [0.2, 0.25) is 0 Å². The number of aryl methyl sites for hydroxylation is 2. The van der Waals surface area contributed by atoms with Gasteiger partial charge < -0.3 is 10.1 Å². The molecule has 0 saturated carbocycles. The average molecular weight is 357 g/mol. The number of carbonyl (C=O) groups excluding carboxylic acids is 1. The summed E-state index contributed by atoms with van der Waals surface area (Å²) in [6.45, 7) is 3.94. The van der Waals surface area contributed by atoms with Crippen molar-refractivity contribution in [3.05, 3.63) is 69.7 Å². The number of nitrogens with zero attached hydrogens (tertiary/aromatic N) is 2. The number of ether oxygens (including phenoxy) is 1. The largest absolute Gasteiger partial charge is 0.485 e. The molecule has 0 fully saturated rings. The number of hydrogen-bond acceptors (Lipinski definition) is 5. The number of thiazole rings is 1. The van der Waals surface area contributed by atoms with Crippen LogP contribution in [-0.4, -0.2) is 15.9 Å². The molecular weight excluding hydrogens is 341 g/mol. The Bertz CT molecular complexity index is 876. The molecule has 128 valence electrons. The molecule has 0 aliphatic carbocycles. The minimum absolute atomic E-state index is 0.264. The lowest BCUT2D eigenvalue weighted by Crippen LogP contribution is -2.11. The summed E-state index contributed by atoms with van der Waals surface area (Å²) >= 11 is 1.27. The minimum Gasteiger partial charge on any atom is -0.485 e. The smallest absolute Gasteiger partial charge is 0.267 e. The third kappa shape index (κ3) is 4.39. The number of halogens is 1. The fourth-order valence-corrected chi connectivity index (χ4v) is 3.00. The molecule has 0 atom stereocenters. The predicted molar refractivity (Wildman–Crippen MR) is 94.5 cm³/mol. The van der Waals surface area contributed by atoms with E-state index in [0.717, 1.165) is 5.69 Å². The highest BCUT2D eigenvalue weighted by Gasteiger charge is 2.16.